The van der Waals surface area contributed by atoms with Crippen molar-refractivity contribution < 1.29 is 0 Å². The van der Waals surface area contributed by atoms with Gasteiger partial charge in [-0.25, -0.2) is 4.98 Å². The van der Waals surface area contributed by atoms with E-state index in [1.807, 2.05) is 11.8 Å². The van der Waals surface area contributed by atoms with E-state index in [9.17, 15) is 0 Å². The first-order chi connectivity index (χ1) is 7.35. The van der Waals surface area contributed by atoms with Crippen molar-refractivity contribution in [1.82, 2.24) is 4.98 Å². The standard InChI is InChI=1S/C11H14N2S2/c1-2-14-7-10-13-11(8-3-4-8)9(15-10)5-6-12/h8H,2-5,7H2,1H3. The van der Waals surface area contributed by atoms with Gasteiger partial charge in [0.2, 0.25) is 0 Å². The van der Waals surface area contributed by atoms with Crippen LogP contribution in [0, 0.1) is 11.3 Å². The summed E-state index contributed by atoms with van der Waals surface area (Å²) in [6.45, 7) is 2.16. The second-order valence-electron chi connectivity index (χ2n) is 3.66. The first kappa shape index (κ1) is 11.0. The topological polar surface area (TPSA) is 36.7 Å². The van der Waals surface area contributed by atoms with Crippen LogP contribution in [0.25, 0.3) is 0 Å². The molecule has 0 aromatic carbocycles. The SMILES string of the molecule is CCSCc1nc(C2CC2)c(CC#N)s1. The van der Waals surface area contributed by atoms with E-state index in [1.54, 1.807) is 11.3 Å². The van der Waals surface area contributed by atoms with Gasteiger partial charge in [-0.1, -0.05) is 6.92 Å². The Balaban J connectivity index is 2.12. The third-order valence-electron chi connectivity index (χ3n) is 2.41. The molecule has 1 aromatic heterocycles. The molecule has 1 heterocycles. The Morgan fingerprint density at radius 1 is 1.60 bits per heavy atom. The van der Waals surface area contributed by atoms with Crippen molar-refractivity contribution in [3.63, 3.8) is 0 Å². The smallest absolute Gasteiger partial charge is 0.103 e. The van der Waals surface area contributed by atoms with Gasteiger partial charge in [0.1, 0.15) is 5.01 Å². The Labute approximate surface area is 98.7 Å². The Morgan fingerprint density at radius 2 is 2.40 bits per heavy atom. The van der Waals surface area contributed by atoms with Crippen LogP contribution in [-0.4, -0.2) is 10.7 Å². The highest BCUT2D eigenvalue weighted by atomic mass is 32.2. The molecule has 1 fully saturated rings. The molecule has 80 valence electrons. The van der Waals surface area contributed by atoms with Crippen molar-refractivity contribution in [1.29, 1.82) is 5.26 Å². The van der Waals surface area contributed by atoms with Crippen LogP contribution in [0.5, 0.6) is 0 Å². The number of nitrogens with zero attached hydrogens (tertiary/aromatic N) is 2. The van der Waals surface area contributed by atoms with E-state index in [1.165, 1.54) is 28.4 Å². The molecule has 1 saturated carbocycles. The van der Waals surface area contributed by atoms with Crippen molar-refractivity contribution >= 4 is 23.1 Å². The maximum absolute atomic E-state index is 8.76. The van der Waals surface area contributed by atoms with Crippen molar-refractivity contribution in [2.24, 2.45) is 0 Å². The van der Waals surface area contributed by atoms with Gasteiger partial charge in [-0.15, -0.1) is 11.3 Å². The molecule has 0 aliphatic heterocycles. The second-order valence-corrected chi connectivity index (χ2v) is 6.10. The van der Waals surface area contributed by atoms with Gasteiger partial charge < -0.3 is 0 Å². The highest BCUT2D eigenvalue weighted by Crippen LogP contribution is 2.43. The lowest BCUT2D eigenvalue weighted by atomic mass is 10.2. The molecule has 1 aliphatic carbocycles. The molecular formula is C11H14N2S2. The number of nitriles is 1. The minimum absolute atomic E-state index is 0.542. The van der Waals surface area contributed by atoms with Crippen LogP contribution in [0.4, 0.5) is 0 Å². The van der Waals surface area contributed by atoms with E-state index in [2.05, 4.69) is 18.0 Å². The fourth-order valence-corrected chi connectivity index (χ4v) is 3.35. The fourth-order valence-electron chi connectivity index (χ4n) is 1.54. The summed E-state index contributed by atoms with van der Waals surface area (Å²) in [6, 6.07) is 2.24. The van der Waals surface area contributed by atoms with Crippen LogP contribution in [0.3, 0.4) is 0 Å². The summed E-state index contributed by atoms with van der Waals surface area (Å²) in [5.74, 6) is 2.81. The van der Waals surface area contributed by atoms with Crippen LogP contribution in [0.15, 0.2) is 0 Å². The zero-order valence-corrected chi connectivity index (χ0v) is 10.5. The first-order valence-electron chi connectivity index (χ1n) is 5.28. The average Bonchev–Trinajstić information content (AvgIpc) is 3.00. The fraction of sp³-hybridized carbons (Fsp3) is 0.636. The molecule has 0 spiro atoms. The monoisotopic (exact) mass is 238 g/mol. The second kappa shape index (κ2) is 5.00. The molecule has 15 heavy (non-hydrogen) atoms. The number of aromatic nitrogens is 1. The normalized spacial score (nSPS) is 15.2. The number of hydrogen-bond donors (Lipinski definition) is 0. The molecule has 1 aliphatic rings. The third-order valence-corrected chi connectivity index (χ3v) is 4.54. The lowest BCUT2D eigenvalue weighted by molar-refractivity contribution is 1.00. The van der Waals surface area contributed by atoms with Gasteiger partial charge in [0.05, 0.1) is 18.2 Å². The van der Waals surface area contributed by atoms with Gasteiger partial charge in [0.25, 0.3) is 0 Å². The Morgan fingerprint density at radius 3 is 3.00 bits per heavy atom. The minimum Gasteiger partial charge on any atom is -0.245 e. The zero-order chi connectivity index (χ0) is 10.7. The number of hydrogen-bond acceptors (Lipinski definition) is 4. The molecule has 4 heteroatoms. The molecular weight excluding hydrogens is 224 g/mol. The summed E-state index contributed by atoms with van der Waals surface area (Å²) in [5, 5.41) is 9.96. The zero-order valence-electron chi connectivity index (χ0n) is 8.82. The summed E-state index contributed by atoms with van der Waals surface area (Å²) < 4.78 is 0. The molecule has 0 atom stereocenters. The van der Waals surface area contributed by atoms with Gasteiger partial charge in [-0.2, -0.15) is 17.0 Å². The lowest BCUT2D eigenvalue weighted by Gasteiger charge is -1.92. The minimum atomic E-state index is 0.542. The van der Waals surface area contributed by atoms with Crippen LogP contribution in [0.2, 0.25) is 0 Å². The maximum Gasteiger partial charge on any atom is 0.103 e. The highest BCUT2D eigenvalue weighted by molar-refractivity contribution is 7.98. The van der Waals surface area contributed by atoms with E-state index in [4.69, 9.17) is 5.26 Å². The highest BCUT2D eigenvalue weighted by Gasteiger charge is 2.29. The van der Waals surface area contributed by atoms with Crippen LogP contribution in [0.1, 0.15) is 41.3 Å². The maximum atomic E-state index is 8.76. The van der Waals surface area contributed by atoms with Crippen LogP contribution >= 0.6 is 23.1 Å². The van der Waals surface area contributed by atoms with Crippen LogP contribution < -0.4 is 0 Å². The molecule has 0 amide bonds. The predicted octanol–water partition coefficient (Wildman–Crippen LogP) is 3.34. The van der Waals surface area contributed by atoms with E-state index in [-0.39, 0.29) is 0 Å². The van der Waals surface area contributed by atoms with Crippen molar-refractivity contribution in [3.8, 4) is 6.07 Å². The summed E-state index contributed by atoms with van der Waals surface area (Å²) >= 11 is 3.64. The largest absolute Gasteiger partial charge is 0.245 e. The van der Waals surface area contributed by atoms with Gasteiger partial charge >= 0.3 is 0 Å². The van der Waals surface area contributed by atoms with Gasteiger partial charge in [0.15, 0.2) is 0 Å². The molecule has 2 nitrogen and oxygen atoms in total. The Bertz CT molecular complexity index is 374. The first-order valence-corrected chi connectivity index (χ1v) is 7.25. The number of rotatable bonds is 5. The van der Waals surface area contributed by atoms with Crippen molar-refractivity contribution in [2.45, 2.75) is 37.9 Å². The van der Waals surface area contributed by atoms with E-state index < -0.39 is 0 Å². The average molecular weight is 238 g/mol. The predicted molar refractivity (Wildman–Crippen MR) is 65.2 cm³/mol. The summed E-state index contributed by atoms with van der Waals surface area (Å²) in [5.41, 5.74) is 1.23. The van der Waals surface area contributed by atoms with E-state index in [0.29, 0.717) is 12.3 Å². The Kier molecular flexibility index (Phi) is 3.66. The van der Waals surface area contributed by atoms with Gasteiger partial charge in [-0.05, 0) is 18.6 Å². The van der Waals surface area contributed by atoms with E-state index in [0.717, 1.165) is 11.5 Å². The molecule has 0 N–H and O–H groups in total. The van der Waals surface area contributed by atoms with E-state index >= 15 is 0 Å². The summed E-state index contributed by atoms with van der Waals surface area (Å²) in [7, 11) is 0. The summed E-state index contributed by atoms with van der Waals surface area (Å²) in [6.07, 6.45) is 3.07. The molecule has 1 aromatic rings. The number of thiazole rings is 1. The third kappa shape index (κ3) is 2.73. The van der Waals surface area contributed by atoms with Crippen molar-refractivity contribution in [3.05, 3.63) is 15.6 Å². The van der Waals surface area contributed by atoms with Gasteiger partial charge in [-0.3, -0.25) is 0 Å². The quantitative estimate of drug-likeness (QED) is 0.789. The Hall–Kier alpha value is -0.530. The summed E-state index contributed by atoms with van der Waals surface area (Å²) in [4.78, 5) is 5.89. The molecule has 0 radical (unpaired) electrons. The molecule has 0 saturated heterocycles. The van der Waals surface area contributed by atoms with Gasteiger partial charge in [0, 0.05) is 16.5 Å². The lowest BCUT2D eigenvalue weighted by Crippen LogP contribution is -1.87. The molecule has 2 rings (SSSR count). The number of thioether (sulfide) groups is 1. The van der Waals surface area contributed by atoms with Crippen LogP contribution in [-0.2, 0) is 12.2 Å². The molecule has 0 bridgehead atoms. The van der Waals surface area contributed by atoms with Crippen molar-refractivity contribution in [2.75, 3.05) is 5.75 Å². The molecule has 0 unspecified atom stereocenters.